The maximum atomic E-state index is 12.9. The lowest BCUT2D eigenvalue weighted by molar-refractivity contribution is -0.132. The molecule has 0 aliphatic heterocycles. The predicted molar refractivity (Wildman–Crippen MR) is 93.7 cm³/mol. The highest BCUT2D eigenvalue weighted by Crippen LogP contribution is 2.44. The molecule has 0 aromatic carbocycles. The quantitative estimate of drug-likeness (QED) is 0.661. The molecule has 0 radical (unpaired) electrons. The van der Waals surface area contributed by atoms with Crippen LogP contribution in [-0.2, 0) is 10.2 Å². The molecule has 1 fully saturated rings. The van der Waals surface area contributed by atoms with Crippen molar-refractivity contribution in [1.82, 2.24) is 10.3 Å². The summed E-state index contributed by atoms with van der Waals surface area (Å²) in [5, 5.41) is 12.5. The van der Waals surface area contributed by atoms with Crippen LogP contribution < -0.4 is 10.2 Å². The second-order valence-corrected chi connectivity index (χ2v) is 8.67. The van der Waals surface area contributed by atoms with Crippen molar-refractivity contribution in [3.05, 3.63) is 10.0 Å². The number of nitrogens with zero attached hydrogens (tertiary/aromatic N) is 3. The number of nitrogens with one attached hydrogen (secondary N) is 1. The minimum atomic E-state index is -0.440. The summed E-state index contributed by atoms with van der Waals surface area (Å²) >= 11 is 7.76. The van der Waals surface area contributed by atoms with Gasteiger partial charge in [0.05, 0.1) is 10.3 Å². The summed E-state index contributed by atoms with van der Waals surface area (Å²) in [6, 6.07) is 0.0951. The molecule has 7 heteroatoms. The Morgan fingerprint density at radius 1 is 1.57 bits per heavy atom. The summed E-state index contributed by atoms with van der Waals surface area (Å²) in [4.78, 5) is 20.1. The van der Waals surface area contributed by atoms with Crippen molar-refractivity contribution in [1.29, 1.82) is 5.26 Å². The third-order valence-corrected chi connectivity index (χ3v) is 6.12. The van der Waals surface area contributed by atoms with E-state index in [9.17, 15) is 4.79 Å². The summed E-state index contributed by atoms with van der Waals surface area (Å²) in [6.07, 6.45) is 3.28. The molecule has 0 saturated heterocycles. The molecule has 1 aromatic rings. The van der Waals surface area contributed by atoms with Crippen LogP contribution in [0.2, 0.25) is 5.15 Å². The first-order chi connectivity index (χ1) is 10.6. The molecule has 0 bridgehead atoms. The van der Waals surface area contributed by atoms with Crippen LogP contribution in [0, 0.1) is 16.9 Å². The van der Waals surface area contributed by atoms with Gasteiger partial charge in [-0.15, -0.1) is 0 Å². The number of halogens is 1. The average Bonchev–Trinajstić information content (AvgIpc) is 2.79. The van der Waals surface area contributed by atoms with Crippen LogP contribution in [0.1, 0.15) is 52.3 Å². The molecule has 0 atom stereocenters. The number of amides is 1. The van der Waals surface area contributed by atoms with Crippen LogP contribution in [0.5, 0.6) is 0 Å². The van der Waals surface area contributed by atoms with Crippen molar-refractivity contribution < 1.29 is 4.79 Å². The Bertz CT molecular complexity index is 637. The summed E-state index contributed by atoms with van der Waals surface area (Å²) in [5.41, 5.74) is -0.539. The third kappa shape index (κ3) is 3.46. The lowest BCUT2D eigenvalue weighted by Crippen LogP contribution is -2.55. The Labute approximate surface area is 146 Å². The van der Waals surface area contributed by atoms with Crippen molar-refractivity contribution in [3.63, 3.8) is 0 Å². The Balaban J connectivity index is 2.21. The van der Waals surface area contributed by atoms with Gasteiger partial charge >= 0.3 is 0 Å². The van der Waals surface area contributed by atoms with Crippen LogP contribution in [0.3, 0.4) is 0 Å². The molecule has 0 unspecified atom stereocenters. The number of anilines is 1. The van der Waals surface area contributed by atoms with E-state index in [1.165, 1.54) is 11.3 Å². The van der Waals surface area contributed by atoms with E-state index in [0.29, 0.717) is 29.7 Å². The summed E-state index contributed by atoms with van der Waals surface area (Å²) < 4.78 is 0. The first-order valence-electron chi connectivity index (χ1n) is 7.76. The van der Waals surface area contributed by atoms with Crippen molar-refractivity contribution in [2.24, 2.45) is 5.41 Å². The molecule has 2 rings (SSSR count). The third-order valence-electron chi connectivity index (χ3n) is 4.23. The molecule has 23 heavy (non-hydrogen) atoms. The fourth-order valence-electron chi connectivity index (χ4n) is 2.96. The summed E-state index contributed by atoms with van der Waals surface area (Å²) in [5.74, 6) is 0.0573. The van der Waals surface area contributed by atoms with Gasteiger partial charge in [0.15, 0.2) is 11.3 Å². The molecule has 1 aromatic heterocycles. The van der Waals surface area contributed by atoms with Crippen LogP contribution >= 0.6 is 22.9 Å². The summed E-state index contributed by atoms with van der Waals surface area (Å²) in [7, 11) is 0. The van der Waals surface area contributed by atoms with Gasteiger partial charge in [-0.25, -0.2) is 4.98 Å². The zero-order chi connectivity index (χ0) is 17.4. The fourth-order valence-corrected chi connectivity index (χ4v) is 4.56. The van der Waals surface area contributed by atoms with E-state index >= 15 is 0 Å². The molecule has 5 nitrogen and oxygen atoms in total. The van der Waals surface area contributed by atoms with E-state index < -0.39 is 5.41 Å². The van der Waals surface area contributed by atoms with Gasteiger partial charge in [-0.3, -0.25) is 9.69 Å². The normalized spacial score (nSPS) is 23.8. The Morgan fingerprint density at radius 3 is 2.61 bits per heavy atom. The van der Waals surface area contributed by atoms with Gasteiger partial charge in [0.1, 0.15) is 5.15 Å². The standard InChI is InChI=1S/C16H23ClN4OS/c1-6-21(13(22)16(5)7-10(8-16)19-9-18)14-20-12(17)11(23-14)15(2,3)4/h10,19H,6-8H2,1-5H3. The predicted octanol–water partition coefficient (Wildman–Crippen LogP) is 3.69. The average molecular weight is 355 g/mol. The molecular formula is C16H23ClN4OS. The lowest BCUT2D eigenvalue weighted by Gasteiger charge is -2.44. The number of carbonyl (C=O) groups excluding carboxylic acids is 1. The van der Waals surface area contributed by atoms with Crippen molar-refractivity contribution in [2.45, 2.75) is 58.9 Å². The fraction of sp³-hybridized carbons (Fsp3) is 0.688. The highest BCUT2D eigenvalue weighted by Gasteiger charge is 2.48. The van der Waals surface area contributed by atoms with Crippen LogP contribution in [0.25, 0.3) is 0 Å². The van der Waals surface area contributed by atoms with E-state index in [1.807, 2.05) is 20.0 Å². The first-order valence-corrected chi connectivity index (χ1v) is 8.95. The van der Waals surface area contributed by atoms with E-state index in [1.54, 1.807) is 4.90 Å². The van der Waals surface area contributed by atoms with Gasteiger partial charge in [-0.05, 0) is 25.2 Å². The van der Waals surface area contributed by atoms with Crippen molar-refractivity contribution in [2.75, 3.05) is 11.4 Å². The van der Waals surface area contributed by atoms with E-state index in [4.69, 9.17) is 16.9 Å². The highest BCUT2D eigenvalue weighted by atomic mass is 35.5. The van der Waals surface area contributed by atoms with Gasteiger partial charge in [0, 0.05) is 12.6 Å². The number of hydrogen-bond acceptors (Lipinski definition) is 5. The molecular weight excluding hydrogens is 332 g/mol. The van der Waals surface area contributed by atoms with Crippen LogP contribution in [0.4, 0.5) is 5.13 Å². The topological polar surface area (TPSA) is 69.0 Å². The van der Waals surface area contributed by atoms with Gasteiger partial charge in [0.25, 0.3) is 0 Å². The Morgan fingerprint density at radius 2 is 2.17 bits per heavy atom. The minimum absolute atomic E-state index is 0.0573. The van der Waals surface area contributed by atoms with Crippen LogP contribution in [-0.4, -0.2) is 23.5 Å². The molecule has 1 amide bonds. The number of thiazole rings is 1. The smallest absolute Gasteiger partial charge is 0.234 e. The zero-order valence-electron chi connectivity index (χ0n) is 14.2. The molecule has 1 saturated carbocycles. The van der Waals surface area contributed by atoms with E-state index in [-0.39, 0.29) is 17.4 Å². The van der Waals surface area contributed by atoms with Gasteiger partial charge < -0.3 is 5.32 Å². The second kappa shape index (κ2) is 6.29. The number of rotatable bonds is 4. The SMILES string of the molecule is CCN(C(=O)C1(C)CC(NC#N)C1)c1nc(Cl)c(C(C)(C)C)s1. The van der Waals surface area contributed by atoms with Gasteiger partial charge in [-0.1, -0.05) is 50.6 Å². The maximum absolute atomic E-state index is 12.9. The number of nitriles is 1. The highest BCUT2D eigenvalue weighted by molar-refractivity contribution is 7.16. The van der Waals surface area contributed by atoms with E-state index in [2.05, 4.69) is 31.1 Å². The lowest BCUT2D eigenvalue weighted by atomic mass is 9.66. The van der Waals surface area contributed by atoms with Gasteiger partial charge in [0.2, 0.25) is 5.91 Å². The van der Waals surface area contributed by atoms with Crippen molar-refractivity contribution >= 4 is 34.0 Å². The Kier molecular flexibility index (Phi) is 4.93. The number of aromatic nitrogens is 1. The minimum Gasteiger partial charge on any atom is -0.321 e. The monoisotopic (exact) mass is 354 g/mol. The van der Waals surface area contributed by atoms with Crippen LogP contribution in [0.15, 0.2) is 0 Å². The molecule has 1 aliphatic rings. The first kappa shape index (κ1) is 18.0. The number of carbonyl (C=O) groups is 1. The molecule has 1 heterocycles. The Hall–Kier alpha value is -1.32. The maximum Gasteiger partial charge on any atom is 0.234 e. The van der Waals surface area contributed by atoms with E-state index in [0.717, 1.165) is 4.88 Å². The number of hydrogen-bond donors (Lipinski definition) is 1. The molecule has 0 spiro atoms. The largest absolute Gasteiger partial charge is 0.321 e. The molecule has 1 N–H and O–H groups in total. The second-order valence-electron chi connectivity index (χ2n) is 7.34. The van der Waals surface area contributed by atoms with Crippen molar-refractivity contribution in [3.8, 4) is 6.19 Å². The summed E-state index contributed by atoms with van der Waals surface area (Å²) in [6.45, 7) is 10.7. The molecule has 126 valence electrons. The zero-order valence-corrected chi connectivity index (χ0v) is 15.8. The molecule has 1 aliphatic carbocycles. The van der Waals surface area contributed by atoms with Gasteiger partial charge in [-0.2, -0.15) is 5.26 Å².